The maximum absolute atomic E-state index is 3.36. The lowest BCUT2D eigenvalue weighted by atomic mass is 9.90. The van der Waals surface area contributed by atoms with E-state index in [2.05, 4.69) is 66.9 Å². The third-order valence-electron chi connectivity index (χ3n) is 3.22. The molecule has 0 aromatic heterocycles. The summed E-state index contributed by atoms with van der Waals surface area (Å²) in [5.74, 6) is 0. The van der Waals surface area contributed by atoms with Crippen LogP contribution in [0.2, 0.25) is 0 Å². The molecule has 1 aromatic rings. The molecule has 84 valence electrons. The number of hydrogen-bond acceptors (Lipinski definition) is 1. The number of nitrogens with one attached hydrogen (secondary N) is 1. The average Bonchev–Trinajstić information content (AvgIpc) is 2.39. The van der Waals surface area contributed by atoms with E-state index >= 15 is 0 Å². The van der Waals surface area contributed by atoms with Gasteiger partial charge in [0.15, 0.2) is 0 Å². The molecule has 1 aliphatic carbocycles. The second-order valence-electron chi connectivity index (χ2n) is 4.46. The molecule has 1 aromatic carbocycles. The Hall–Kier alpha value is -2.02. The quantitative estimate of drug-likeness (QED) is 0.766. The molecule has 1 aliphatic heterocycles. The van der Waals surface area contributed by atoms with Crippen LogP contribution in [-0.2, 0) is 0 Å². The Morgan fingerprint density at radius 2 is 1.82 bits per heavy atom. The van der Waals surface area contributed by atoms with Gasteiger partial charge in [-0.05, 0) is 35.9 Å². The monoisotopic (exact) mass is 221 g/mol. The van der Waals surface area contributed by atoms with Crippen molar-refractivity contribution in [2.45, 2.75) is 13.0 Å². The van der Waals surface area contributed by atoms with Crippen molar-refractivity contribution >= 4 is 5.57 Å². The van der Waals surface area contributed by atoms with Crippen molar-refractivity contribution in [2.24, 2.45) is 0 Å². The van der Waals surface area contributed by atoms with Crippen molar-refractivity contribution in [3.8, 4) is 0 Å². The summed E-state index contributed by atoms with van der Waals surface area (Å²) in [6.07, 6.45) is 12.8. The normalized spacial score (nSPS) is 21.4. The van der Waals surface area contributed by atoms with Crippen LogP contribution in [0.25, 0.3) is 5.57 Å². The van der Waals surface area contributed by atoms with Gasteiger partial charge >= 0.3 is 0 Å². The molecule has 1 N–H and O–H groups in total. The largest absolute Gasteiger partial charge is 0.381 e. The average molecular weight is 221 g/mol. The van der Waals surface area contributed by atoms with Gasteiger partial charge in [-0.15, -0.1) is 0 Å². The minimum Gasteiger partial charge on any atom is -0.381 e. The summed E-state index contributed by atoms with van der Waals surface area (Å²) in [7, 11) is 0. The van der Waals surface area contributed by atoms with E-state index in [0.717, 1.165) is 0 Å². The fourth-order valence-corrected chi connectivity index (χ4v) is 2.27. The van der Waals surface area contributed by atoms with Crippen molar-refractivity contribution in [3.63, 3.8) is 0 Å². The second-order valence-corrected chi connectivity index (χ2v) is 4.46. The number of benzene rings is 1. The molecule has 1 nitrogen and oxygen atoms in total. The number of hydrogen-bond donors (Lipinski definition) is 1. The molecule has 3 rings (SSSR count). The van der Waals surface area contributed by atoms with Crippen LogP contribution in [0.15, 0.2) is 66.4 Å². The fraction of sp³-hybridized carbons (Fsp3) is 0.125. The van der Waals surface area contributed by atoms with Gasteiger partial charge in [-0.25, -0.2) is 0 Å². The Balaban J connectivity index is 2.09. The van der Waals surface area contributed by atoms with E-state index in [1.165, 1.54) is 22.3 Å². The van der Waals surface area contributed by atoms with Crippen LogP contribution < -0.4 is 5.32 Å². The van der Waals surface area contributed by atoms with Gasteiger partial charge in [-0.2, -0.15) is 0 Å². The zero-order valence-electron chi connectivity index (χ0n) is 9.85. The molecular formula is C16H15N. The standard InChI is InChI=1S/C16H15N/c1-12-6-8-13(9-7-12)14-10-11-17-16-5-3-2-4-15(14)16/h2-11,16-17H,1H3. The van der Waals surface area contributed by atoms with Crippen LogP contribution in [0.1, 0.15) is 11.1 Å². The SMILES string of the molecule is Cc1ccc(C2=C3C=CC=CC3NC=C2)cc1. The first kappa shape index (κ1) is 10.2. The summed E-state index contributed by atoms with van der Waals surface area (Å²) in [5.41, 5.74) is 5.24. The molecule has 1 heterocycles. The third kappa shape index (κ3) is 1.84. The van der Waals surface area contributed by atoms with Crippen LogP contribution in [0.4, 0.5) is 0 Å². The molecule has 0 saturated carbocycles. The molecule has 0 spiro atoms. The Labute approximate surface area is 102 Å². The Morgan fingerprint density at radius 1 is 1.00 bits per heavy atom. The van der Waals surface area contributed by atoms with Gasteiger partial charge in [-0.1, -0.05) is 54.1 Å². The number of rotatable bonds is 1. The molecule has 1 unspecified atom stereocenters. The summed E-state index contributed by atoms with van der Waals surface area (Å²) in [5, 5.41) is 3.36. The maximum atomic E-state index is 3.36. The van der Waals surface area contributed by atoms with E-state index in [9.17, 15) is 0 Å². The maximum Gasteiger partial charge on any atom is 0.0701 e. The van der Waals surface area contributed by atoms with Crippen molar-refractivity contribution in [1.82, 2.24) is 5.32 Å². The highest BCUT2D eigenvalue weighted by molar-refractivity contribution is 5.81. The zero-order chi connectivity index (χ0) is 11.7. The second kappa shape index (κ2) is 4.10. The molecule has 1 heteroatoms. The lowest BCUT2D eigenvalue weighted by Gasteiger charge is -2.24. The van der Waals surface area contributed by atoms with Crippen molar-refractivity contribution < 1.29 is 0 Å². The van der Waals surface area contributed by atoms with Crippen LogP contribution in [0, 0.1) is 6.92 Å². The van der Waals surface area contributed by atoms with Crippen LogP contribution >= 0.6 is 0 Å². The molecular weight excluding hydrogens is 206 g/mol. The highest BCUT2D eigenvalue weighted by atomic mass is 14.9. The lowest BCUT2D eigenvalue weighted by Crippen LogP contribution is -2.27. The number of dihydropyridines is 1. The number of fused-ring (bicyclic) bond motifs is 1. The van der Waals surface area contributed by atoms with Gasteiger partial charge in [0.2, 0.25) is 0 Å². The highest BCUT2D eigenvalue weighted by Gasteiger charge is 2.17. The van der Waals surface area contributed by atoms with E-state index in [4.69, 9.17) is 0 Å². The highest BCUT2D eigenvalue weighted by Crippen LogP contribution is 2.28. The van der Waals surface area contributed by atoms with Gasteiger partial charge in [0, 0.05) is 0 Å². The molecule has 0 amide bonds. The fourth-order valence-electron chi connectivity index (χ4n) is 2.27. The van der Waals surface area contributed by atoms with Crippen molar-refractivity contribution in [1.29, 1.82) is 0 Å². The Kier molecular flexibility index (Phi) is 2.45. The zero-order valence-corrected chi connectivity index (χ0v) is 9.85. The summed E-state index contributed by atoms with van der Waals surface area (Å²) in [6.45, 7) is 2.12. The summed E-state index contributed by atoms with van der Waals surface area (Å²) < 4.78 is 0. The Morgan fingerprint density at radius 3 is 2.65 bits per heavy atom. The van der Waals surface area contributed by atoms with E-state index in [1.807, 2.05) is 6.20 Å². The van der Waals surface area contributed by atoms with Gasteiger partial charge in [-0.3, -0.25) is 0 Å². The molecule has 0 bridgehead atoms. The lowest BCUT2D eigenvalue weighted by molar-refractivity contribution is 0.798. The predicted octanol–water partition coefficient (Wildman–Crippen LogP) is 3.36. The summed E-state index contributed by atoms with van der Waals surface area (Å²) in [4.78, 5) is 0. The predicted molar refractivity (Wildman–Crippen MR) is 72.4 cm³/mol. The molecule has 2 aliphatic rings. The van der Waals surface area contributed by atoms with E-state index in [1.54, 1.807) is 0 Å². The van der Waals surface area contributed by atoms with Gasteiger partial charge in [0.25, 0.3) is 0 Å². The van der Waals surface area contributed by atoms with Crippen LogP contribution in [0.3, 0.4) is 0 Å². The number of aryl methyl sites for hydroxylation is 1. The summed E-state index contributed by atoms with van der Waals surface area (Å²) >= 11 is 0. The molecule has 1 atom stereocenters. The third-order valence-corrected chi connectivity index (χ3v) is 3.22. The molecule has 0 fully saturated rings. The van der Waals surface area contributed by atoms with Gasteiger partial charge in [0.05, 0.1) is 6.04 Å². The van der Waals surface area contributed by atoms with Crippen molar-refractivity contribution in [3.05, 3.63) is 77.5 Å². The smallest absolute Gasteiger partial charge is 0.0701 e. The van der Waals surface area contributed by atoms with E-state index in [-0.39, 0.29) is 0 Å². The van der Waals surface area contributed by atoms with Crippen LogP contribution in [-0.4, -0.2) is 6.04 Å². The van der Waals surface area contributed by atoms with Crippen LogP contribution in [0.5, 0.6) is 0 Å². The molecule has 0 radical (unpaired) electrons. The minimum atomic E-state index is 0.321. The first-order valence-electron chi connectivity index (χ1n) is 5.93. The van der Waals surface area contributed by atoms with E-state index in [0.29, 0.717) is 6.04 Å². The number of allylic oxidation sites excluding steroid dienone is 4. The van der Waals surface area contributed by atoms with Crippen molar-refractivity contribution in [2.75, 3.05) is 0 Å². The topological polar surface area (TPSA) is 12.0 Å². The Bertz CT molecular complexity index is 541. The van der Waals surface area contributed by atoms with Gasteiger partial charge < -0.3 is 5.32 Å². The van der Waals surface area contributed by atoms with Gasteiger partial charge in [0.1, 0.15) is 0 Å². The minimum absolute atomic E-state index is 0.321. The summed E-state index contributed by atoms with van der Waals surface area (Å²) in [6, 6.07) is 9.03. The molecule has 0 saturated heterocycles. The first-order chi connectivity index (χ1) is 8.34. The molecule has 17 heavy (non-hydrogen) atoms. The first-order valence-corrected chi connectivity index (χ1v) is 5.93. The van der Waals surface area contributed by atoms with E-state index < -0.39 is 0 Å².